The van der Waals surface area contributed by atoms with Gasteiger partial charge in [-0.1, -0.05) is 0 Å². The van der Waals surface area contributed by atoms with Crippen molar-refractivity contribution in [3.63, 3.8) is 0 Å². The van der Waals surface area contributed by atoms with E-state index in [9.17, 15) is 9.59 Å². The van der Waals surface area contributed by atoms with E-state index in [1.807, 2.05) is 4.90 Å². The highest BCUT2D eigenvalue weighted by Crippen LogP contribution is 2.32. The minimum Gasteiger partial charge on any atom is -0.355 e. The normalized spacial score (nSPS) is 21.4. The number of rotatable bonds is 7. The number of hydrogen-bond donors (Lipinski definition) is 1. The Bertz CT molecular complexity index is 557. The predicted octanol–water partition coefficient (Wildman–Crippen LogP) is 1.68. The largest absolute Gasteiger partial charge is 0.355 e. The zero-order valence-electron chi connectivity index (χ0n) is 12.7. The van der Waals surface area contributed by atoms with E-state index in [1.54, 1.807) is 23.1 Å². The number of thioether (sulfide) groups is 1. The number of aromatic nitrogens is 1. The molecule has 2 fully saturated rings. The Balaban J connectivity index is 1.41. The van der Waals surface area contributed by atoms with Crippen LogP contribution in [0.1, 0.15) is 30.0 Å². The molecule has 22 heavy (non-hydrogen) atoms. The summed E-state index contributed by atoms with van der Waals surface area (Å²) in [7, 11) is 0. The Morgan fingerprint density at radius 2 is 2.36 bits per heavy atom. The third-order valence-corrected chi connectivity index (χ3v) is 5.71. The molecule has 1 saturated carbocycles. The van der Waals surface area contributed by atoms with Gasteiger partial charge < -0.3 is 10.2 Å². The van der Waals surface area contributed by atoms with E-state index in [0.717, 1.165) is 35.7 Å². The third-order valence-electron chi connectivity index (χ3n) is 4.06. The second-order valence-corrected chi connectivity index (χ2v) is 7.69. The number of amides is 2. The lowest BCUT2D eigenvalue weighted by Gasteiger charge is -2.15. The summed E-state index contributed by atoms with van der Waals surface area (Å²) < 4.78 is 0. The quantitative estimate of drug-likeness (QED) is 0.821. The van der Waals surface area contributed by atoms with Crippen molar-refractivity contribution in [3.8, 4) is 0 Å². The van der Waals surface area contributed by atoms with Gasteiger partial charge in [0, 0.05) is 43.1 Å². The summed E-state index contributed by atoms with van der Waals surface area (Å²) in [5, 5.41) is 6.15. The van der Waals surface area contributed by atoms with Crippen LogP contribution in [0.3, 0.4) is 0 Å². The zero-order chi connectivity index (χ0) is 15.5. The van der Waals surface area contributed by atoms with Crippen LogP contribution < -0.4 is 5.32 Å². The highest BCUT2D eigenvalue weighted by atomic mass is 32.2. The molecule has 0 aromatic carbocycles. The van der Waals surface area contributed by atoms with Crippen molar-refractivity contribution in [2.24, 2.45) is 5.92 Å². The van der Waals surface area contributed by atoms with Crippen molar-refractivity contribution >= 4 is 34.9 Å². The lowest BCUT2D eigenvalue weighted by Crippen LogP contribution is -2.34. The highest BCUT2D eigenvalue weighted by Gasteiger charge is 2.41. The molecular weight excluding hydrogens is 318 g/mol. The Kier molecular flexibility index (Phi) is 5.03. The fourth-order valence-electron chi connectivity index (χ4n) is 2.76. The number of likely N-dealkylation sites (tertiary alicyclic amines) is 1. The number of hydrogen-bond acceptors (Lipinski definition) is 5. The van der Waals surface area contributed by atoms with Crippen LogP contribution in [0.25, 0.3) is 0 Å². The fourth-order valence-corrected chi connectivity index (χ4v) is 4.31. The van der Waals surface area contributed by atoms with Crippen LogP contribution in [0.4, 0.5) is 0 Å². The predicted molar refractivity (Wildman–Crippen MR) is 88.9 cm³/mol. The first-order valence-electron chi connectivity index (χ1n) is 7.66. The summed E-state index contributed by atoms with van der Waals surface area (Å²) in [6.45, 7) is 1.19. The summed E-state index contributed by atoms with van der Waals surface area (Å²) in [6, 6.07) is 0.412. The Hall–Kier alpha value is -1.08. The molecule has 1 aromatic heterocycles. The van der Waals surface area contributed by atoms with Crippen molar-refractivity contribution in [1.29, 1.82) is 0 Å². The number of thiazole rings is 1. The minimum atomic E-state index is -0.171. The topological polar surface area (TPSA) is 62.3 Å². The number of nitrogens with one attached hydrogen (secondary N) is 1. The second-order valence-electron chi connectivity index (χ2n) is 5.88. The van der Waals surface area contributed by atoms with Gasteiger partial charge in [-0.25, -0.2) is 4.98 Å². The molecule has 0 bridgehead atoms. The Morgan fingerprint density at radius 3 is 3.09 bits per heavy atom. The molecule has 5 nitrogen and oxygen atoms in total. The van der Waals surface area contributed by atoms with Crippen molar-refractivity contribution in [3.05, 3.63) is 16.1 Å². The average Bonchev–Trinajstić information content (AvgIpc) is 3.12. The Labute approximate surface area is 138 Å². The molecule has 1 aliphatic carbocycles. The smallest absolute Gasteiger partial charge is 0.225 e. The van der Waals surface area contributed by atoms with Gasteiger partial charge in [0.15, 0.2) is 0 Å². The van der Waals surface area contributed by atoms with Gasteiger partial charge in [0.05, 0.1) is 11.6 Å². The van der Waals surface area contributed by atoms with Gasteiger partial charge in [-0.2, -0.15) is 11.8 Å². The van der Waals surface area contributed by atoms with Crippen LogP contribution >= 0.6 is 23.1 Å². The van der Waals surface area contributed by atoms with Gasteiger partial charge in [0.25, 0.3) is 0 Å². The van der Waals surface area contributed by atoms with Gasteiger partial charge in [-0.05, 0) is 19.1 Å². The summed E-state index contributed by atoms with van der Waals surface area (Å²) in [5.74, 6) is 0.925. The highest BCUT2D eigenvalue weighted by molar-refractivity contribution is 7.97. The SMILES string of the molecule is CSCc1nc(CCNC(=O)[C@@H]2CC(=O)N(C3CC3)C2)cs1. The fraction of sp³-hybridized carbons (Fsp3) is 0.667. The lowest BCUT2D eigenvalue weighted by atomic mass is 10.1. The maximum Gasteiger partial charge on any atom is 0.225 e. The van der Waals surface area contributed by atoms with Crippen molar-refractivity contribution < 1.29 is 9.59 Å². The molecule has 7 heteroatoms. The molecule has 0 spiro atoms. The summed E-state index contributed by atoms with van der Waals surface area (Å²) in [4.78, 5) is 30.5. The third kappa shape index (κ3) is 3.81. The van der Waals surface area contributed by atoms with Crippen molar-refractivity contribution in [1.82, 2.24) is 15.2 Å². The van der Waals surface area contributed by atoms with Gasteiger partial charge in [0.2, 0.25) is 11.8 Å². The lowest BCUT2D eigenvalue weighted by molar-refractivity contribution is -0.129. The first-order valence-corrected chi connectivity index (χ1v) is 9.94. The maximum atomic E-state index is 12.2. The van der Waals surface area contributed by atoms with Crippen LogP contribution in [-0.4, -0.2) is 47.1 Å². The van der Waals surface area contributed by atoms with E-state index in [0.29, 0.717) is 25.6 Å². The number of carbonyl (C=O) groups is 2. The van der Waals surface area contributed by atoms with Gasteiger partial charge in [0.1, 0.15) is 5.01 Å². The zero-order valence-corrected chi connectivity index (χ0v) is 14.3. The minimum absolute atomic E-state index is 0.0102. The molecule has 2 aliphatic rings. The van der Waals surface area contributed by atoms with E-state index in [2.05, 4.69) is 21.9 Å². The molecule has 1 aromatic rings. The van der Waals surface area contributed by atoms with Gasteiger partial charge in [-0.15, -0.1) is 11.3 Å². The van der Waals surface area contributed by atoms with Crippen LogP contribution in [0.2, 0.25) is 0 Å². The Morgan fingerprint density at radius 1 is 1.55 bits per heavy atom. The van der Waals surface area contributed by atoms with Gasteiger partial charge in [-0.3, -0.25) is 9.59 Å². The van der Waals surface area contributed by atoms with Crippen LogP contribution in [0.15, 0.2) is 5.38 Å². The van der Waals surface area contributed by atoms with Crippen molar-refractivity contribution in [2.45, 2.75) is 37.5 Å². The second kappa shape index (κ2) is 7.00. The standard InChI is InChI=1S/C15H21N3O2S2/c1-21-9-13-17-11(8-22-13)4-5-16-15(20)10-6-14(19)18(7-10)12-2-3-12/h8,10,12H,2-7,9H2,1H3,(H,16,20)/t10-/m1/s1. The monoisotopic (exact) mass is 339 g/mol. The first-order chi connectivity index (χ1) is 10.7. The summed E-state index contributed by atoms with van der Waals surface area (Å²) in [5.41, 5.74) is 1.04. The summed E-state index contributed by atoms with van der Waals surface area (Å²) >= 11 is 3.44. The molecular formula is C15H21N3O2S2. The van der Waals surface area contributed by atoms with Crippen LogP contribution in [0, 0.1) is 5.92 Å². The molecule has 3 rings (SSSR count). The van der Waals surface area contributed by atoms with Crippen LogP contribution in [-0.2, 0) is 21.8 Å². The molecule has 1 N–H and O–H groups in total. The molecule has 120 valence electrons. The van der Waals surface area contributed by atoms with E-state index in [4.69, 9.17) is 0 Å². The average molecular weight is 339 g/mol. The number of carbonyl (C=O) groups excluding carboxylic acids is 2. The van der Waals surface area contributed by atoms with E-state index in [-0.39, 0.29) is 17.7 Å². The van der Waals surface area contributed by atoms with E-state index >= 15 is 0 Å². The first kappa shape index (κ1) is 15.8. The molecule has 1 aliphatic heterocycles. The molecule has 0 unspecified atom stereocenters. The van der Waals surface area contributed by atoms with Crippen LogP contribution in [0.5, 0.6) is 0 Å². The number of nitrogens with zero attached hydrogens (tertiary/aromatic N) is 2. The summed E-state index contributed by atoms with van der Waals surface area (Å²) in [6.07, 6.45) is 5.39. The molecule has 1 atom stereocenters. The maximum absolute atomic E-state index is 12.2. The van der Waals surface area contributed by atoms with E-state index in [1.165, 1.54) is 0 Å². The van der Waals surface area contributed by atoms with E-state index < -0.39 is 0 Å². The van der Waals surface area contributed by atoms with Crippen molar-refractivity contribution in [2.75, 3.05) is 19.3 Å². The molecule has 2 amide bonds. The molecule has 0 radical (unpaired) electrons. The van der Waals surface area contributed by atoms with Gasteiger partial charge >= 0.3 is 0 Å². The molecule has 2 heterocycles. The molecule has 1 saturated heterocycles.